The van der Waals surface area contributed by atoms with Gasteiger partial charge in [0.25, 0.3) is 0 Å². The second-order valence-electron chi connectivity index (χ2n) is 4.19. The lowest BCUT2D eigenvalue weighted by molar-refractivity contribution is -0.137. The molecule has 0 spiro atoms. The van der Waals surface area contributed by atoms with Crippen LogP contribution in [-0.4, -0.2) is 12.5 Å². The quantitative estimate of drug-likeness (QED) is 0.884. The summed E-state index contributed by atoms with van der Waals surface area (Å²) in [5, 5.41) is 2.46. The van der Waals surface area contributed by atoms with Crippen LogP contribution in [0.25, 0.3) is 0 Å². The number of hydrogen-bond donors (Lipinski definition) is 2. The SMILES string of the molecule is CC(CCN)C(=O)Nc1cc(Br)cc(C(F)(F)F)c1. The molecular formula is C12H14BrF3N2O. The second kappa shape index (κ2) is 6.38. The Bertz CT molecular complexity index is 463. The van der Waals surface area contributed by atoms with Crippen LogP contribution in [-0.2, 0) is 11.0 Å². The van der Waals surface area contributed by atoms with E-state index < -0.39 is 11.7 Å². The molecule has 0 bridgehead atoms. The Labute approximate surface area is 117 Å². The van der Waals surface area contributed by atoms with Gasteiger partial charge in [0.05, 0.1) is 5.56 Å². The van der Waals surface area contributed by atoms with Crippen LogP contribution in [0.5, 0.6) is 0 Å². The minimum Gasteiger partial charge on any atom is -0.330 e. The smallest absolute Gasteiger partial charge is 0.330 e. The topological polar surface area (TPSA) is 55.1 Å². The van der Waals surface area contributed by atoms with Gasteiger partial charge >= 0.3 is 6.18 Å². The van der Waals surface area contributed by atoms with Gasteiger partial charge in [0.2, 0.25) is 5.91 Å². The summed E-state index contributed by atoms with van der Waals surface area (Å²) in [6, 6.07) is 3.28. The molecule has 1 atom stereocenters. The van der Waals surface area contributed by atoms with E-state index in [-0.39, 0.29) is 22.0 Å². The molecule has 0 aliphatic carbocycles. The number of carbonyl (C=O) groups excluding carboxylic acids is 1. The molecule has 0 saturated carbocycles. The van der Waals surface area contributed by atoms with E-state index in [0.29, 0.717) is 13.0 Å². The van der Waals surface area contributed by atoms with Crippen LogP contribution >= 0.6 is 15.9 Å². The lowest BCUT2D eigenvalue weighted by Gasteiger charge is -2.13. The van der Waals surface area contributed by atoms with Gasteiger partial charge in [0.1, 0.15) is 0 Å². The maximum absolute atomic E-state index is 12.6. The van der Waals surface area contributed by atoms with Gasteiger partial charge in [0.15, 0.2) is 0 Å². The summed E-state index contributed by atoms with van der Waals surface area (Å²) in [4.78, 5) is 11.7. The third-order valence-electron chi connectivity index (χ3n) is 2.54. The summed E-state index contributed by atoms with van der Waals surface area (Å²) < 4.78 is 38.1. The fourth-order valence-corrected chi connectivity index (χ4v) is 1.97. The van der Waals surface area contributed by atoms with E-state index >= 15 is 0 Å². The van der Waals surface area contributed by atoms with Crippen molar-refractivity contribution in [3.63, 3.8) is 0 Å². The molecule has 0 fully saturated rings. The lowest BCUT2D eigenvalue weighted by Crippen LogP contribution is -2.23. The molecule has 3 N–H and O–H groups in total. The summed E-state index contributed by atoms with van der Waals surface area (Å²) >= 11 is 2.99. The second-order valence-corrected chi connectivity index (χ2v) is 5.11. The highest BCUT2D eigenvalue weighted by Gasteiger charge is 2.31. The Hall–Kier alpha value is -1.08. The molecule has 1 amide bonds. The number of rotatable bonds is 4. The third-order valence-corrected chi connectivity index (χ3v) is 3.00. The predicted octanol–water partition coefficient (Wildman–Crippen LogP) is 3.39. The minimum absolute atomic E-state index is 0.107. The molecule has 0 aliphatic rings. The Morgan fingerprint density at radius 2 is 2.05 bits per heavy atom. The van der Waals surface area contributed by atoms with Crippen LogP contribution in [0.4, 0.5) is 18.9 Å². The van der Waals surface area contributed by atoms with Gasteiger partial charge in [-0.2, -0.15) is 13.2 Å². The molecule has 1 rings (SSSR count). The van der Waals surface area contributed by atoms with E-state index in [1.165, 1.54) is 6.07 Å². The van der Waals surface area contributed by atoms with Gasteiger partial charge in [-0.05, 0) is 31.2 Å². The molecule has 3 nitrogen and oxygen atoms in total. The van der Waals surface area contributed by atoms with E-state index in [2.05, 4.69) is 21.2 Å². The lowest BCUT2D eigenvalue weighted by atomic mass is 10.1. The molecule has 1 unspecified atom stereocenters. The zero-order valence-corrected chi connectivity index (χ0v) is 11.8. The van der Waals surface area contributed by atoms with Crippen molar-refractivity contribution in [2.24, 2.45) is 11.7 Å². The van der Waals surface area contributed by atoms with Crippen molar-refractivity contribution in [2.45, 2.75) is 19.5 Å². The zero-order chi connectivity index (χ0) is 14.6. The van der Waals surface area contributed by atoms with Crippen LogP contribution in [0.1, 0.15) is 18.9 Å². The number of amides is 1. The highest BCUT2D eigenvalue weighted by molar-refractivity contribution is 9.10. The van der Waals surface area contributed by atoms with Crippen molar-refractivity contribution in [1.29, 1.82) is 0 Å². The van der Waals surface area contributed by atoms with Gasteiger partial charge in [-0.25, -0.2) is 0 Å². The minimum atomic E-state index is -4.45. The largest absolute Gasteiger partial charge is 0.416 e. The van der Waals surface area contributed by atoms with E-state index in [1.54, 1.807) is 6.92 Å². The van der Waals surface area contributed by atoms with Crippen molar-refractivity contribution in [2.75, 3.05) is 11.9 Å². The Morgan fingerprint density at radius 3 is 2.58 bits per heavy atom. The van der Waals surface area contributed by atoms with Gasteiger partial charge < -0.3 is 11.1 Å². The molecule has 1 aromatic rings. The first-order valence-corrected chi connectivity index (χ1v) is 6.42. The Morgan fingerprint density at radius 1 is 1.42 bits per heavy atom. The number of carbonyl (C=O) groups is 1. The van der Waals surface area contributed by atoms with E-state index in [0.717, 1.165) is 12.1 Å². The number of nitrogens with two attached hydrogens (primary N) is 1. The number of halogens is 4. The molecule has 19 heavy (non-hydrogen) atoms. The summed E-state index contributed by atoms with van der Waals surface area (Å²) in [6.45, 7) is 2.02. The Balaban J connectivity index is 2.90. The summed E-state index contributed by atoms with van der Waals surface area (Å²) in [5.74, 6) is -0.699. The number of anilines is 1. The van der Waals surface area contributed by atoms with Crippen molar-refractivity contribution >= 4 is 27.5 Å². The molecule has 0 aromatic heterocycles. The first-order valence-electron chi connectivity index (χ1n) is 5.62. The molecule has 0 radical (unpaired) electrons. The number of hydrogen-bond acceptors (Lipinski definition) is 2. The van der Waals surface area contributed by atoms with E-state index in [4.69, 9.17) is 5.73 Å². The van der Waals surface area contributed by atoms with Crippen molar-refractivity contribution in [3.05, 3.63) is 28.2 Å². The number of nitrogens with one attached hydrogen (secondary N) is 1. The van der Waals surface area contributed by atoms with Crippen molar-refractivity contribution in [3.8, 4) is 0 Å². The fourth-order valence-electron chi connectivity index (χ4n) is 1.47. The van der Waals surface area contributed by atoms with Gasteiger partial charge in [-0.3, -0.25) is 4.79 Å². The maximum atomic E-state index is 12.6. The third kappa shape index (κ3) is 4.83. The van der Waals surface area contributed by atoms with Crippen LogP contribution in [0.3, 0.4) is 0 Å². The van der Waals surface area contributed by atoms with Crippen molar-refractivity contribution in [1.82, 2.24) is 0 Å². The molecule has 0 saturated heterocycles. The molecule has 0 heterocycles. The average molecular weight is 339 g/mol. The van der Waals surface area contributed by atoms with Gasteiger partial charge in [-0.15, -0.1) is 0 Å². The van der Waals surface area contributed by atoms with Crippen LogP contribution < -0.4 is 11.1 Å². The fraction of sp³-hybridized carbons (Fsp3) is 0.417. The maximum Gasteiger partial charge on any atom is 0.416 e. The van der Waals surface area contributed by atoms with Crippen LogP contribution in [0, 0.1) is 5.92 Å². The normalized spacial score (nSPS) is 13.2. The highest BCUT2D eigenvalue weighted by Crippen LogP contribution is 2.33. The Kier molecular flexibility index (Phi) is 5.37. The highest BCUT2D eigenvalue weighted by atomic mass is 79.9. The standard InChI is InChI=1S/C12H14BrF3N2O/c1-7(2-3-17)11(19)18-10-5-8(12(14,15)16)4-9(13)6-10/h4-7H,2-3,17H2,1H3,(H,18,19). The summed E-state index contributed by atoms with van der Waals surface area (Å²) in [5.41, 5.74) is 4.62. The molecular weight excluding hydrogens is 325 g/mol. The summed E-state index contributed by atoms with van der Waals surface area (Å²) in [6.07, 6.45) is -3.97. The van der Waals surface area contributed by atoms with E-state index in [9.17, 15) is 18.0 Å². The molecule has 7 heteroatoms. The van der Waals surface area contributed by atoms with Crippen molar-refractivity contribution < 1.29 is 18.0 Å². The van der Waals surface area contributed by atoms with Crippen LogP contribution in [0.2, 0.25) is 0 Å². The van der Waals surface area contributed by atoms with E-state index in [1.807, 2.05) is 0 Å². The van der Waals surface area contributed by atoms with Crippen LogP contribution in [0.15, 0.2) is 22.7 Å². The number of alkyl halides is 3. The van der Waals surface area contributed by atoms with Gasteiger partial charge in [-0.1, -0.05) is 22.9 Å². The summed E-state index contributed by atoms with van der Waals surface area (Å²) in [7, 11) is 0. The first-order chi connectivity index (χ1) is 8.74. The first kappa shape index (κ1) is 16.0. The molecule has 106 valence electrons. The monoisotopic (exact) mass is 338 g/mol. The predicted molar refractivity (Wildman–Crippen MR) is 70.6 cm³/mol. The zero-order valence-electron chi connectivity index (χ0n) is 10.2. The average Bonchev–Trinajstić information content (AvgIpc) is 2.27. The molecule has 0 aliphatic heterocycles. The molecule has 1 aromatic carbocycles. The number of benzene rings is 1. The van der Waals surface area contributed by atoms with Gasteiger partial charge in [0, 0.05) is 16.1 Å².